The summed E-state index contributed by atoms with van der Waals surface area (Å²) >= 11 is 0. The SMILES string of the molecule is CC(C)(C)C(=O)c1c[nH]c2ncc(Nc3ccc(C(=CC#N)C4CCCN(C=O)C4)cc3)nc12. The molecule has 1 saturated heterocycles. The van der Waals surface area contributed by atoms with E-state index in [0.29, 0.717) is 29.1 Å². The molecule has 0 aliphatic carbocycles. The lowest BCUT2D eigenvalue weighted by molar-refractivity contribution is -0.119. The second kappa shape index (κ2) is 9.48. The second-order valence-electron chi connectivity index (χ2n) is 9.60. The molecule has 0 radical (unpaired) electrons. The lowest BCUT2D eigenvalue weighted by atomic mass is 9.86. The van der Waals surface area contributed by atoms with Crippen LogP contribution in [0.15, 0.2) is 42.7 Å². The number of benzene rings is 1. The molecule has 3 aromatic rings. The van der Waals surface area contributed by atoms with Gasteiger partial charge in [-0.2, -0.15) is 5.26 Å². The lowest BCUT2D eigenvalue weighted by Gasteiger charge is -2.31. The maximum absolute atomic E-state index is 12.8. The van der Waals surface area contributed by atoms with Crippen LogP contribution in [0.5, 0.6) is 0 Å². The molecule has 0 spiro atoms. The van der Waals surface area contributed by atoms with Crippen molar-refractivity contribution in [2.75, 3.05) is 18.4 Å². The van der Waals surface area contributed by atoms with Crippen molar-refractivity contribution in [3.8, 4) is 6.07 Å². The third-order valence-electron chi connectivity index (χ3n) is 6.06. The number of nitrogens with zero attached hydrogens (tertiary/aromatic N) is 4. The number of nitriles is 1. The average Bonchev–Trinajstić information content (AvgIpc) is 3.25. The van der Waals surface area contributed by atoms with Gasteiger partial charge in [0, 0.05) is 42.4 Å². The fourth-order valence-corrected chi connectivity index (χ4v) is 4.29. The Balaban J connectivity index is 1.55. The Morgan fingerprint density at radius 1 is 1.29 bits per heavy atom. The smallest absolute Gasteiger partial charge is 0.209 e. The number of ketones is 1. The molecule has 1 amide bonds. The highest BCUT2D eigenvalue weighted by Crippen LogP contribution is 2.32. The molecule has 1 fully saturated rings. The van der Waals surface area contributed by atoms with Gasteiger partial charge in [0.25, 0.3) is 0 Å². The van der Waals surface area contributed by atoms with Crippen molar-refractivity contribution in [3.63, 3.8) is 0 Å². The first-order valence-electron chi connectivity index (χ1n) is 11.4. The highest BCUT2D eigenvalue weighted by atomic mass is 16.1. The van der Waals surface area contributed by atoms with E-state index in [-0.39, 0.29) is 11.7 Å². The Morgan fingerprint density at radius 2 is 2.06 bits per heavy atom. The second-order valence-corrected chi connectivity index (χ2v) is 9.60. The number of aromatic amines is 1. The largest absolute Gasteiger partial charge is 0.345 e. The highest BCUT2D eigenvalue weighted by molar-refractivity contribution is 6.08. The molecule has 2 aromatic heterocycles. The van der Waals surface area contributed by atoms with Gasteiger partial charge in [0.05, 0.1) is 17.8 Å². The van der Waals surface area contributed by atoms with Crippen molar-refractivity contribution in [2.24, 2.45) is 11.3 Å². The zero-order valence-electron chi connectivity index (χ0n) is 19.6. The average molecular weight is 457 g/mol. The van der Waals surface area contributed by atoms with Crippen LogP contribution in [0, 0.1) is 22.7 Å². The number of aromatic nitrogens is 3. The van der Waals surface area contributed by atoms with Gasteiger partial charge < -0.3 is 15.2 Å². The molecule has 1 aliphatic heterocycles. The third-order valence-corrected chi connectivity index (χ3v) is 6.06. The molecule has 34 heavy (non-hydrogen) atoms. The van der Waals surface area contributed by atoms with Crippen molar-refractivity contribution in [3.05, 3.63) is 53.9 Å². The number of allylic oxidation sites excluding steroid dienone is 1. The van der Waals surface area contributed by atoms with Crippen LogP contribution in [0.2, 0.25) is 0 Å². The van der Waals surface area contributed by atoms with Crippen LogP contribution in [0.25, 0.3) is 16.7 Å². The van der Waals surface area contributed by atoms with Gasteiger partial charge in [-0.05, 0) is 36.1 Å². The number of amides is 1. The van der Waals surface area contributed by atoms with Crippen LogP contribution in [0.3, 0.4) is 0 Å². The van der Waals surface area contributed by atoms with Crippen LogP contribution in [-0.4, -0.2) is 45.1 Å². The molecule has 1 atom stereocenters. The predicted octanol–water partition coefficient (Wildman–Crippen LogP) is 4.71. The highest BCUT2D eigenvalue weighted by Gasteiger charge is 2.26. The van der Waals surface area contributed by atoms with Gasteiger partial charge in [0.2, 0.25) is 6.41 Å². The number of hydrogen-bond donors (Lipinski definition) is 2. The van der Waals surface area contributed by atoms with E-state index in [9.17, 15) is 14.9 Å². The number of anilines is 2. The van der Waals surface area contributed by atoms with Gasteiger partial charge >= 0.3 is 0 Å². The minimum Gasteiger partial charge on any atom is -0.345 e. The first-order valence-corrected chi connectivity index (χ1v) is 11.4. The molecule has 3 heterocycles. The van der Waals surface area contributed by atoms with Crippen molar-refractivity contribution in [2.45, 2.75) is 33.6 Å². The van der Waals surface area contributed by atoms with E-state index in [1.54, 1.807) is 23.4 Å². The first kappa shape index (κ1) is 23.2. The minimum absolute atomic E-state index is 0.00206. The summed E-state index contributed by atoms with van der Waals surface area (Å²) in [6.07, 6.45) is 7.62. The summed E-state index contributed by atoms with van der Waals surface area (Å²) in [7, 11) is 0. The summed E-state index contributed by atoms with van der Waals surface area (Å²) in [5, 5.41) is 12.6. The van der Waals surface area contributed by atoms with Crippen molar-refractivity contribution in [1.29, 1.82) is 5.26 Å². The molecule has 1 aliphatic rings. The molecule has 1 aromatic carbocycles. The molecule has 1 unspecified atom stereocenters. The quantitative estimate of drug-likeness (QED) is 0.315. The van der Waals surface area contributed by atoms with Crippen LogP contribution in [-0.2, 0) is 4.79 Å². The Morgan fingerprint density at radius 3 is 2.74 bits per heavy atom. The zero-order valence-corrected chi connectivity index (χ0v) is 19.6. The number of likely N-dealkylation sites (tertiary alicyclic amines) is 1. The number of H-pyrrole nitrogens is 1. The Kier molecular flexibility index (Phi) is 6.46. The molecular weight excluding hydrogens is 428 g/mol. The van der Waals surface area contributed by atoms with Crippen molar-refractivity contribution >= 4 is 40.4 Å². The number of nitrogens with one attached hydrogen (secondary N) is 2. The Bertz CT molecular complexity index is 1280. The maximum Gasteiger partial charge on any atom is 0.209 e. The normalized spacial score (nSPS) is 16.8. The van der Waals surface area contributed by atoms with Crippen LogP contribution in [0.4, 0.5) is 11.5 Å². The summed E-state index contributed by atoms with van der Waals surface area (Å²) in [6.45, 7) is 7.02. The molecule has 0 saturated carbocycles. The fraction of sp³-hybridized carbons (Fsp3) is 0.346. The third kappa shape index (κ3) is 4.84. The van der Waals surface area contributed by atoms with Gasteiger partial charge in [-0.25, -0.2) is 9.97 Å². The predicted molar refractivity (Wildman–Crippen MR) is 131 cm³/mol. The topological polar surface area (TPSA) is 115 Å². The number of rotatable bonds is 6. The number of carbonyl (C=O) groups excluding carboxylic acids is 2. The Hall–Kier alpha value is -3.99. The van der Waals surface area contributed by atoms with Crippen LogP contribution >= 0.6 is 0 Å². The molecule has 174 valence electrons. The molecule has 2 N–H and O–H groups in total. The summed E-state index contributed by atoms with van der Waals surface area (Å²) in [5.41, 5.74) is 3.82. The minimum atomic E-state index is -0.522. The van der Waals surface area contributed by atoms with E-state index < -0.39 is 5.41 Å². The van der Waals surface area contributed by atoms with Gasteiger partial charge in [0.15, 0.2) is 11.4 Å². The van der Waals surface area contributed by atoms with Gasteiger partial charge in [0.1, 0.15) is 11.3 Å². The summed E-state index contributed by atoms with van der Waals surface area (Å²) in [5.74, 6) is 0.671. The van der Waals surface area contributed by atoms with E-state index in [4.69, 9.17) is 0 Å². The van der Waals surface area contributed by atoms with E-state index in [2.05, 4.69) is 26.3 Å². The monoisotopic (exact) mass is 456 g/mol. The van der Waals surface area contributed by atoms with E-state index in [0.717, 1.165) is 42.6 Å². The summed E-state index contributed by atoms with van der Waals surface area (Å²) in [6, 6.07) is 9.92. The Labute approximate surface area is 198 Å². The van der Waals surface area contributed by atoms with E-state index >= 15 is 0 Å². The number of fused-ring (bicyclic) bond motifs is 1. The molecule has 8 nitrogen and oxygen atoms in total. The first-order chi connectivity index (χ1) is 16.3. The molecule has 4 rings (SSSR count). The van der Waals surface area contributed by atoms with Crippen molar-refractivity contribution < 1.29 is 9.59 Å². The van der Waals surface area contributed by atoms with Gasteiger partial charge in [-0.3, -0.25) is 9.59 Å². The lowest BCUT2D eigenvalue weighted by Crippen LogP contribution is -2.34. The maximum atomic E-state index is 12.8. The number of hydrogen-bond acceptors (Lipinski definition) is 6. The summed E-state index contributed by atoms with van der Waals surface area (Å²) in [4.78, 5) is 37.8. The van der Waals surface area contributed by atoms with Crippen LogP contribution < -0.4 is 5.32 Å². The van der Waals surface area contributed by atoms with Gasteiger partial charge in [-0.1, -0.05) is 32.9 Å². The standard InChI is InChI=1S/C26H28N6O2/c1-26(2,3)24(34)21-13-28-25-23(21)31-22(14-29-25)30-19-8-6-17(7-9-19)20(10-11-27)18-5-4-12-32(15-18)16-33/h6-10,13-14,16,18H,4-5,12,15H2,1-3H3,(H,28,29)(H,30,31). The van der Waals surface area contributed by atoms with Crippen molar-refractivity contribution in [1.82, 2.24) is 19.9 Å². The van der Waals surface area contributed by atoms with Crippen LogP contribution in [0.1, 0.15) is 49.5 Å². The number of piperidine rings is 1. The zero-order chi connectivity index (χ0) is 24.3. The molecule has 0 bridgehead atoms. The van der Waals surface area contributed by atoms with Gasteiger partial charge in [-0.15, -0.1) is 0 Å². The molecular formula is C26H28N6O2. The number of Topliss-reactive ketones (excluding diaryl/α,β-unsaturated/α-hetero) is 1. The summed E-state index contributed by atoms with van der Waals surface area (Å²) < 4.78 is 0. The number of carbonyl (C=O) groups is 2. The molecule has 8 heteroatoms. The van der Waals surface area contributed by atoms with E-state index in [1.165, 1.54) is 0 Å². The van der Waals surface area contributed by atoms with E-state index in [1.807, 2.05) is 45.0 Å². The fourth-order valence-electron chi connectivity index (χ4n) is 4.29.